The highest BCUT2D eigenvalue weighted by Gasteiger charge is 2.10. The molecular weight excluding hydrogens is 345 g/mol. The number of carbonyl (C=O) groups excluding carboxylic acids is 1. The van der Waals surface area contributed by atoms with E-state index >= 15 is 0 Å². The molecule has 8 heteroatoms. The molecule has 0 aliphatic carbocycles. The van der Waals surface area contributed by atoms with Crippen LogP contribution in [0.3, 0.4) is 0 Å². The Kier molecular flexibility index (Phi) is 4.61. The van der Waals surface area contributed by atoms with Gasteiger partial charge >= 0.3 is 5.97 Å². The van der Waals surface area contributed by atoms with Gasteiger partial charge in [0.05, 0.1) is 33.4 Å². The lowest BCUT2D eigenvalue weighted by Gasteiger charge is -2.01. The molecule has 5 nitrogen and oxygen atoms in total. The number of aromatic nitrogens is 3. The Morgan fingerprint density at radius 2 is 2.18 bits per heavy atom. The summed E-state index contributed by atoms with van der Waals surface area (Å²) in [4.78, 5) is 20.2. The number of halogens is 2. The van der Waals surface area contributed by atoms with Crippen molar-refractivity contribution in [3.8, 4) is 0 Å². The van der Waals surface area contributed by atoms with E-state index in [9.17, 15) is 4.79 Å². The Hall–Kier alpha value is -1.63. The maximum Gasteiger partial charge on any atom is 0.306 e. The molecule has 3 heterocycles. The molecule has 22 heavy (non-hydrogen) atoms. The summed E-state index contributed by atoms with van der Waals surface area (Å²) in [5.41, 5.74) is 3.84. The minimum atomic E-state index is -0.283. The van der Waals surface area contributed by atoms with Gasteiger partial charge < -0.3 is 9.14 Å². The molecule has 0 bridgehead atoms. The van der Waals surface area contributed by atoms with Crippen LogP contribution >= 0.6 is 34.5 Å². The molecule has 0 amide bonds. The van der Waals surface area contributed by atoms with Gasteiger partial charge in [0.25, 0.3) is 0 Å². The monoisotopic (exact) mass is 355 g/mol. The number of hydrogen-bond acceptors (Lipinski definition) is 5. The van der Waals surface area contributed by atoms with Gasteiger partial charge in [0.2, 0.25) is 0 Å². The number of carbonyl (C=O) groups is 1. The first kappa shape index (κ1) is 15.3. The summed E-state index contributed by atoms with van der Waals surface area (Å²) < 4.78 is 6.92. The van der Waals surface area contributed by atoms with Crippen molar-refractivity contribution in [3.05, 3.63) is 50.8 Å². The zero-order valence-corrected chi connectivity index (χ0v) is 13.7. The highest BCUT2D eigenvalue weighted by atomic mass is 35.5. The number of ether oxygens (including phenoxy) is 1. The summed E-state index contributed by atoms with van der Waals surface area (Å²) in [5.74, 6) is -0.283. The zero-order valence-electron chi connectivity index (χ0n) is 11.3. The first-order chi connectivity index (χ1) is 10.6. The predicted octanol–water partition coefficient (Wildman–Crippen LogP) is 3.77. The number of nitrogens with zero attached hydrogens (tertiary/aromatic N) is 3. The molecule has 0 aliphatic heterocycles. The number of pyridine rings is 1. The lowest BCUT2D eigenvalue weighted by molar-refractivity contribution is -0.145. The summed E-state index contributed by atoms with van der Waals surface area (Å²) >= 11 is 13.5. The van der Waals surface area contributed by atoms with E-state index in [1.165, 1.54) is 11.3 Å². The average Bonchev–Trinajstić information content (AvgIpc) is 3.11. The normalized spacial score (nSPS) is 11.0. The Labute approximate surface area is 140 Å². The molecule has 0 saturated heterocycles. The van der Waals surface area contributed by atoms with Crippen LogP contribution in [0.25, 0.3) is 5.65 Å². The fourth-order valence-electron chi connectivity index (χ4n) is 1.96. The Bertz CT molecular complexity index is 802. The summed E-state index contributed by atoms with van der Waals surface area (Å²) in [5, 5.41) is 2.89. The second-order valence-electron chi connectivity index (χ2n) is 4.61. The maximum atomic E-state index is 11.7. The number of imidazole rings is 1. The summed E-state index contributed by atoms with van der Waals surface area (Å²) in [6.45, 7) is 0.103. The second kappa shape index (κ2) is 6.64. The van der Waals surface area contributed by atoms with Crippen LogP contribution in [0.15, 0.2) is 29.4 Å². The van der Waals surface area contributed by atoms with Crippen LogP contribution in [-0.4, -0.2) is 20.3 Å². The molecule has 3 aromatic heterocycles. The van der Waals surface area contributed by atoms with E-state index < -0.39 is 0 Å². The highest BCUT2D eigenvalue weighted by Crippen LogP contribution is 2.22. The molecule has 0 unspecified atom stereocenters. The molecule has 114 valence electrons. The minimum Gasteiger partial charge on any atom is -0.459 e. The standard InChI is InChI=1S/C14H11Cl2N3O2S/c15-9-3-12(16)14-18-11(5-19(14)4-9)6-21-13(20)2-1-10-7-22-8-17-10/h3-5,7-8H,1-2,6H2. The van der Waals surface area contributed by atoms with E-state index in [0.717, 1.165) is 5.69 Å². The van der Waals surface area contributed by atoms with Crippen molar-refractivity contribution in [1.82, 2.24) is 14.4 Å². The van der Waals surface area contributed by atoms with E-state index in [-0.39, 0.29) is 12.6 Å². The lowest BCUT2D eigenvalue weighted by atomic mass is 10.2. The number of thiazole rings is 1. The van der Waals surface area contributed by atoms with Crippen molar-refractivity contribution in [2.24, 2.45) is 0 Å². The molecule has 0 saturated carbocycles. The second-order valence-corrected chi connectivity index (χ2v) is 6.17. The molecule has 0 N–H and O–H groups in total. The molecular formula is C14H11Cl2N3O2S. The highest BCUT2D eigenvalue weighted by molar-refractivity contribution is 7.07. The van der Waals surface area contributed by atoms with Crippen LogP contribution in [0.4, 0.5) is 0 Å². The molecule has 3 aromatic rings. The Morgan fingerprint density at radius 1 is 1.32 bits per heavy atom. The van der Waals surface area contributed by atoms with E-state index in [2.05, 4.69) is 9.97 Å². The van der Waals surface area contributed by atoms with Crippen molar-refractivity contribution in [3.63, 3.8) is 0 Å². The van der Waals surface area contributed by atoms with Crippen molar-refractivity contribution in [1.29, 1.82) is 0 Å². The smallest absolute Gasteiger partial charge is 0.306 e. The maximum absolute atomic E-state index is 11.7. The quantitative estimate of drug-likeness (QED) is 0.653. The molecule has 0 atom stereocenters. The van der Waals surface area contributed by atoms with Crippen LogP contribution < -0.4 is 0 Å². The van der Waals surface area contributed by atoms with Gasteiger partial charge in [-0.2, -0.15) is 0 Å². The fraction of sp³-hybridized carbons (Fsp3) is 0.214. The third-order valence-electron chi connectivity index (χ3n) is 2.97. The Morgan fingerprint density at radius 3 is 2.95 bits per heavy atom. The topological polar surface area (TPSA) is 56.5 Å². The molecule has 0 fully saturated rings. The van der Waals surface area contributed by atoms with E-state index in [0.29, 0.717) is 34.2 Å². The Balaban J connectivity index is 1.59. The number of hydrogen-bond donors (Lipinski definition) is 0. The number of esters is 1. The number of fused-ring (bicyclic) bond motifs is 1. The molecule has 0 spiro atoms. The zero-order chi connectivity index (χ0) is 15.5. The van der Waals surface area contributed by atoms with Crippen molar-refractivity contribution < 1.29 is 9.53 Å². The van der Waals surface area contributed by atoms with Gasteiger partial charge in [0.1, 0.15) is 6.61 Å². The average molecular weight is 356 g/mol. The lowest BCUT2D eigenvalue weighted by Crippen LogP contribution is -2.06. The fourth-order valence-corrected chi connectivity index (χ4v) is 3.08. The number of rotatable bonds is 5. The van der Waals surface area contributed by atoms with Gasteiger partial charge in [-0.05, 0) is 6.07 Å². The third kappa shape index (κ3) is 3.58. The van der Waals surface area contributed by atoms with Crippen molar-refractivity contribution in [2.45, 2.75) is 19.4 Å². The van der Waals surface area contributed by atoms with Crippen LogP contribution in [0.1, 0.15) is 17.8 Å². The van der Waals surface area contributed by atoms with E-state index in [1.807, 2.05) is 5.38 Å². The largest absolute Gasteiger partial charge is 0.459 e. The first-order valence-electron chi connectivity index (χ1n) is 6.47. The van der Waals surface area contributed by atoms with Gasteiger partial charge in [-0.3, -0.25) is 4.79 Å². The van der Waals surface area contributed by atoms with Crippen molar-refractivity contribution >= 4 is 46.2 Å². The summed E-state index contributed by atoms with van der Waals surface area (Å²) in [6, 6.07) is 1.62. The van der Waals surface area contributed by atoms with Gasteiger partial charge in [0, 0.05) is 24.2 Å². The number of aryl methyl sites for hydroxylation is 1. The summed E-state index contributed by atoms with van der Waals surface area (Å²) in [6.07, 6.45) is 4.31. The minimum absolute atomic E-state index is 0.103. The molecule has 0 radical (unpaired) electrons. The van der Waals surface area contributed by atoms with Gasteiger partial charge in [-0.1, -0.05) is 23.2 Å². The van der Waals surface area contributed by atoms with Crippen LogP contribution in [0.2, 0.25) is 10.0 Å². The van der Waals surface area contributed by atoms with Crippen LogP contribution in [0.5, 0.6) is 0 Å². The van der Waals surface area contributed by atoms with Crippen LogP contribution in [-0.2, 0) is 22.6 Å². The SMILES string of the molecule is O=C(CCc1cscn1)OCc1cn2cc(Cl)cc(Cl)c2n1. The van der Waals surface area contributed by atoms with Crippen molar-refractivity contribution in [2.75, 3.05) is 0 Å². The molecule has 3 rings (SSSR count). The molecule has 0 aliphatic rings. The third-order valence-corrected chi connectivity index (χ3v) is 4.09. The van der Waals surface area contributed by atoms with E-state index in [1.54, 1.807) is 28.4 Å². The molecule has 0 aromatic carbocycles. The van der Waals surface area contributed by atoms with Gasteiger partial charge in [-0.25, -0.2) is 9.97 Å². The first-order valence-corrected chi connectivity index (χ1v) is 8.17. The van der Waals surface area contributed by atoms with Gasteiger partial charge in [-0.15, -0.1) is 11.3 Å². The van der Waals surface area contributed by atoms with E-state index in [4.69, 9.17) is 27.9 Å². The summed E-state index contributed by atoms with van der Waals surface area (Å²) in [7, 11) is 0. The van der Waals surface area contributed by atoms with Crippen LogP contribution in [0, 0.1) is 0 Å². The predicted molar refractivity (Wildman–Crippen MR) is 85.4 cm³/mol. The van der Waals surface area contributed by atoms with Gasteiger partial charge in [0.15, 0.2) is 5.65 Å².